The van der Waals surface area contributed by atoms with E-state index in [4.69, 9.17) is 10.5 Å². The number of nitrogens with zero attached hydrogens (tertiary/aromatic N) is 5. The van der Waals surface area contributed by atoms with E-state index in [9.17, 15) is 4.79 Å². The summed E-state index contributed by atoms with van der Waals surface area (Å²) in [7, 11) is 1.77. The maximum atomic E-state index is 12.8. The van der Waals surface area contributed by atoms with Gasteiger partial charge in [-0.1, -0.05) is 6.42 Å². The zero-order valence-electron chi connectivity index (χ0n) is 15.2. The van der Waals surface area contributed by atoms with Gasteiger partial charge in [0.05, 0.1) is 18.5 Å². The third kappa shape index (κ3) is 3.25. The summed E-state index contributed by atoms with van der Waals surface area (Å²) in [5, 5.41) is 0. The van der Waals surface area contributed by atoms with Gasteiger partial charge in [-0.05, 0) is 31.6 Å². The molecule has 1 aliphatic heterocycles. The smallest absolute Gasteiger partial charge is 0.222 e. The molecule has 140 valence electrons. The number of likely N-dealkylation sites (tertiary alicyclic amines) is 1. The van der Waals surface area contributed by atoms with Crippen LogP contribution in [0.5, 0.6) is 0 Å². The second-order valence-corrected chi connectivity index (χ2v) is 7.46. The number of hydrogen-bond acceptors (Lipinski definition) is 6. The molecular weight excluding hydrogens is 332 g/mol. The lowest BCUT2D eigenvalue weighted by atomic mass is 9.85. The molecule has 2 aromatic heterocycles. The van der Waals surface area contributed by atoms with E-state index in [-0.39, 0.29) is 11.9 Å². The summed E-state index contributed by atoms with van der Waals surface area (Å²) < 4.78 is 7.52. The Morgan fingerprint density at radius 3 is 3.04 bits per heavy atom. The van der Waals surface area contributed by atoms with Crippen molar-refractivity contribution in [2.75, 3.05) is 25.9 Å². The van der Waals surface area contributed by atoms with E-state index in [0.29, 0.717) is 36.3 Å². The van der Waals surface area contributed by atoms with Crippen LogP contribution in [0.3, 0.4) is 0 Å². The van der Waals surface area contributed by atoms with Gasteiger partial charge < -0.3 is 19.9 Å². The van der Waals surface area contributed by atoms with Crippen LogP contribution in [-0.4, -0.2) is 56.6 Å². The van der Waals surface area contributed by atoms with Gasteiger partial charge in [0.25, 0.3) is 0 Å². The number of imidazole rings is 1. The summed E-state index contributed by atoms with van der Waals surface area (Å²) in [6, 6.07) is 0.191. The molecule has 2 aliphatic rings. The number of fused-ring (bicyclic) bond motifs is 1. The predicted molar refractivity (Wildman–Crippen MR) is 97.3 cm³/mol. The molecule has 2 aromatic rings. The second kappa shape index (κ2) is 7.19. The number of methoxy groups -OCH3 is 1. The van der Waals surface area contributed by atoms with Gasteiger partial charge >= 0.3 is 0 Å². The number of nitrogen functional groups attached to an aromatic ring is 1. The van der Waals surface area contributed by atoms with Crippen molar-refractivity contribution in [1.29, 1.82) is 0 Å². The van der Waals surface area contributed by atoms with Gasteiger partial charge in [0.2, 0.25) is 5.91 Å². The summed E-state index contributed by atoms with van der Waals surface area (Å²) in [6.45, 7) is 1.48. The Bertz CT molecular complexity index is 791. The molecule has 0 aromatic carbocycles. The highest BCUT2D eigenvalue weighted by atomic mass is 16.5. The number of aromatic nitrogens is 4. The van der Waals surface area contributed by atoms with Crippen LogP contribution in [0.15, 0.2) is 12.7 Å². The third-order valence-electron chi connectivity index (χ3n) is 5.83. The number of amides is 1. The highest BCUT2D eigenvalue weighted by molar-refractivity contribution is 5.81. The van der Waals surface area contributed by atoms with Crippen LogP contribution in [0.1, 0.15) is 44.6 Å². The Morgan fingerprint density at radius 1 is 1.31 bits per heavy atom. The molecule has 1 saturated heterocycles. The van der Waals surface area contributed by atoms with E-state index in [1.165, 1.54) is 6.33 Å². The van der Waals surface area contributed by atoms with Crippen LogP contribution in [0.4, 0.5) is 5.82 Å². The van der Waals surface area contributed by atoms with E-state index in [2.05, 4.69) is 15.0 Å². The molecule has 4 rings (SSSR count). The van der Waals surface area contributed by atoms with E-state index in [0.717, 1.165) is 44.3 Å². The van der Waals surface area contributed by atoms with Crippen molar-refractivity contribution in [3.8, 4) is 0 Å². The number of ether oxygens (including phenoxy) is 1. The van der Waals surface area contributed by atoms with Gasteiger partial charge in [-0.2, -0.15) is 0 Å². The molecule has 1 amide bonds. The average Bonchev–Trinajstić information content (AvgIpc) is 3.29. The van der Waals surface area contributed by atoms with Gasteiger partial charge in [-0.25, -0.2) is 15.0 Å². The van der Waals surface area contributed by atoms with Crippen molar-refractivity contribution in [2.45, 2.75) is 50.7 Å². The third-order valence-corrected chi connectivity index (χ3v) is 5.83. The molecular formula is C18H26N6O2. The molecule has 3 unspecified atom stereocenters. The van der Waals surface area contributed by atoms with Crippen molar-refractivity contribution >= 4 is 22.9 Å². The standard InChI is InChI=1S/C18H26N6O2/c1-26-14-4-2-3-12(7-14)8-15(25)23-6-5-13(9-23)24-11-22-16-17(19)20-10-21-18(16)24/h10-14H,2-9H2,1H3,(H2,19,20,21). The van der Waals surface area contributed by atoms with Crippen LogP contribution in [0.2, 0.25) is 0 Å². The topological polar surface area (TPSA) is 99.2 Å². The fourth-order valence-electron chi connectivity index (χ4n) is 4.35. The minimum atomic E-state index is 0.191. The first kappa shape index (κ1) is 17.2. The zero-order valence-corrected chi connectivity index (χ0v) is 15.2. The number of carbonyl (C=O) groups is 1. The largest absolute Gasteiger partial charge is 0.382 e. The Kier molecular flexibility index (Phi) is 4.76. The van der Waals surface area contributed by atoms with Crippen molar-refractivity contribution < 1.29 is 9.53 Å². The van der Waals surface area contributed by atoms with E-state index in [1.54, 1.807) is 13.4 Å². The quantitative estimate of drug-likeness (QED) is 0.894. The molecule has 8 nitrogen and oxygen atoms in total. The van der Waals surface area contributed by atoms with Crippen LogP contribution >= 0.6 is 0 Å². The van der Waals surface area contributed by atoms with Gasteiger partial charge in [0.15, 0.2) is 11.5 Å². The first-order valence-electron chi connectivity index (χ1n) is 9.39. The number of carbonyl (C=O) groups excluding carboxylic acids is 1. The molecule has 0 bridgehead atoms. The van der Waals surface area contributed by atoms with Gasteiger partial charge in [0, 0.05) is 26.6 Å². The Balaban J connectivity index is 1.40. The number of anilines is 1. The Hall–Kier alpha value is -2.22. The number of rotatable bonds is 4. The Labute approximate surface area is 152 Å². The van der Waals surface area contributed by atoms with Gasteiger partial charge in [-0.15, -0.1) is 0 Å². The summed E-state index contributed by atoms with van der Waals surface area (Å²) in [5.74, 6) is 1.10. The van der Waals surface area contributed by atoms with Crippen molar-refractivity contribution in [3.05, 3.63) is 12.7 Å². The molecule has 8 heteroatoms. The van der Waals surface area contributed by atoms with Crippen LogP contribution in [0.25, 0.3) is 11.2 Å². The average molecular weight is 358 g/mol. The fourth-order valence-corrected chi connectivity index (χ4v) is 4.35. The molecule has 1 saturated carbocycles. The SMILES string of the molecule is COC1CCCC(CC(=O)N2CCC(n3cnc4c(N)ncnc43)C2)C1. The number of hydrogen-bond donors (Lipinski definition) is 1. The summed E-state index contributed by atoms with van der Waals surface area (Å²) in [5.41, 5.74) is 7.24. The maximum absolute atomic E-state index is 12.8. The van der Waals surface area contributed by atoms with Crippen LogP contribution in [-0.2, 0) is 9.53 Å². The highest BCUT2D eigenvalue weighted by Crippen LogP contribution is 2.31. The molecule has 3 heterocycles. The minimum Gasteiger partial charge on any atom is -0.382 e. The summed E-state index contributed by atoms with van der Waals surface area (Å²) in [4.78, 5) is 27.4. The van der Waals surface area contributed by atoms with E-state index >= 15 is 0 Å². The molecule has 3 atom stereocenters. The lowest BCUT2D eigenvalue weighted by Crippen LogP contribution is -2.32. The molecule has 2 fully saturated rings. The second-order valence-electron chi connectivity index (χ2n) is 7.46. The summed E-state index contributed by atoms with van der Waals surface area (Å²) >= 11 is 0. The first-order chi connectivity index (χ1) is 12.7. The van der Waals surface area contributed by atoms with Crippen LogP contribution in [0, 0.1) is 5.92 Å². The zero-order chi connectivity index (χ0) is 18.1. The minimum absolute atomic E-state index is 0.191. The lowest BCUT2D eigenvalue weighted by Gasteiger charge is -2.29. The number of nitrogens with two attached hydrogens (primary N) is 1. The summed E-state index contributed by atoms with van der Waals surface area (Å²) in [6.07, 6.45) is 9.48. The first-order valence-corrected chi connectivity index (χ1v) is 9.39. The molecule has 0 radical (unpaired) electrons. The highest BCUT2D eigenvalue weighted by Gasteiger charge is 2.31. The predicted octanol–water partition coefficient (Wildman–Crippen LogP) is 1.78. The monoisotopic (exact) mass is 358 g/mol. The Morgan fingerprint density at radius 2 is 2.19 bits per heavy atom. The van der Waals surface area contributed by atoms with Gasteiger partial charge in [-0.3, -0.25) is 4.79 Å². The van der Waals surface area contributed by atoms with Crippen molar-refractivity contribution in [2.24, 2.45) is 5.92 Å². The normalized spacial score (nSPS) is 26.5. The van der Waals surface area contributed by atoms with E-state index in [1.807, 2.05) is 9.47 Å². The molecule has 1 aliphatic carbocycles. The van der Waals surface area contributed by atoms with Crippen molar-refractivity contribution in [3.63, 3.8) is 0 Å². The molecule has 26 heavy (non-hydrogen) atoms. The fraction of sp³-hybridized carbons (Fsp3) is 0.667. The molecule has 0 spiro atoms. The van der Waals surface area contributed by atoms with Gasteiger partial charge in [0.1, 0.15) is 11.8 Å². The van der Waals surface area contributed by atoms with E-state index < -0.39 is 0 Å². The van der Waals surface area contributed by atoms with Crippen LogP contribution < -0.4 is 5.73 Å². The maximum Gasteiger partial charge on any atom is 0.222 e. The molecule has 2 N–H and O–H groups in total. The van der Waals surface area contributed by atoms with Crippen molar-refractivity contribution in [1.82, 2.24) is 24.4 Å². The lowest BCUT2D eigenvalue weighted by molar-refractivity contribution is -0.131.